The van der Waals surface area contributed by atoms with Gasteiger partial charge < -0.3 is 20.6 Å². The van der Waals surface area contributed by atoms with E-state index < -0.39 is 17.6 Å². The van der Waals surface area contributed by atoms with Gasteiger partial charge in [-0.1, -0.05) is 0 Å². The first kappa shape index (κ1) is 16.2. The number of imidazole rings is 1. The van der Waals surface area contributed by atoms with Crippen molar-refractivity contribution in [3.63, 3.8) is 0 Å². The molecule has 0 radical (unpaired) electrons. The molecule has 2 amide bonds. The molecule has 0 saturated carbocycles. The third-order valence-corrected chi connectivity index (χ3v) is 3.46. The monoisotopic (exact) mass is 341 g/mol. The standard InChI is InChI=1S/C15H15N7O3/c1-9(22-8-16-7-18-22)13(23)19-10-2-4-11(5-3-10)20-14(24)12-6-17-15(25)21-12/h2-9H,1H3,(H,19,23)(H,20,24)(H2,17,21,25). The van der Waals surface area contributed by atoms with Crippen LogP contribution >= 0.6 is 0 Å². The Morgan fingerprint density at radius 2 is 1.84 bits per heavy atom. The summed E-state index contributed by atoms with van der Waals surface area (Å²) in [5.41, 5.74) is 0.771. The van der Waals surface area contributed by atoms with Gasteiger partial charge >= 0.3 is 5.69 Å². The molecule has 10 heteroatoms. The molecule has 0 bridgehead atoms. The molecule has 2 heterocycles. The first-order valence-electron chi connectivity index (χ1n) is 7.37. The van der Waals surface area contributed by atoms with E-state index in [1.807, 2.05) is 0 Å². The van der Waals surface area contributed by atoms with Gasteiger partial charge in [-0.15, -0.1) is 0 Å². The summed E-state index contributed by atoms with van der Waals surface area (Å²) >= 11 is 0. The predicted octanol–water partition coefficient (Wildman–Crippen LogP) is 0.746. The van der Waals surface area contributed by atoms with E-state index in [4.69, 9.17) is 0 Å². The van der Waals surface area contributed by atoms with Gasteiger partial charge in [0.15, 0.2) is 0 Å². The first-order chi connectivity index (χ1) is 12.0. The average molecular weight is 341 g/mol. The van der Waals surface area contributed by atoms with Crippen LogP contribution in [0.3, 0.4) is 0 Å². The van der Waals surface area contributed by atoms with E-state index in [9.17, 15) is 14.4 Å². The van der Waals surface area contributed by atoms with Crippen molar-refractivity contribution in [1.29, 1.82) is 0 Å². The zero-order chi connectivity index (χ0) is 17.8. The minimum atomic E-state index is -0.507. The minimum absolute atomic E-state index is 0.129. The van der Waals surface area contributed by atoms with E-state index in [2.05, 4.69) is 30.7 Å². The highest BCUT2D eigenvalue weighted by atomic mass is 16.2. The van der Waals surface area contributed by atoms with Gasteiger partial charge in [0, 0.05) is 17.6 Å². The highest BCUT2D eigenvalue weighted by Crippen LogP contribution is 2.16. The molecule has 1 aromatic carbocycles. The molecule has 0 fully saturated rings. The Labute approximate surface area is 141 Å². The van der Waals surface area contributed by atoms with Crippen LogP contribution in [0.4, 0.5) is 11.4 Å². The fraction of sp³-hybridized carbons (Fsp3) is 0.133. The van der Waals surface area contributed by atoms with E-state index >= 15 is 0 Å². The number of H-pyrrole nitrogens is 2. The van der Waals surface area contributed by atoms with E-state index in [1.54, 1.807) is 31.2 Å². The minimum Gasteiger partial charge on any atom is -0.324 e. The average Bonchev–Trinajstić information content (AvgIpc) is 3.27. The largest absolute Gasteiger partial charge is 0.324 e. The Hall–Kier alpha value is -3.69. The molecule has 1 atom stereocenters. The zero-order valence-corrected chi connectivity index (χ0v) is 13.2. The molecular weight excluding hydrogens is 326 g/mol. The number of hydrogen-bond acceptors (Lipinski definition) is 5. The molecule has 128 valence electrons. The van der Waals surface area contributed by atoms with Gasteiger partial charge in [0.25, 0.3) is 5.91 Å². The van der Waals surface area contributed by atoms with Crippen molar-refractivity contribution in [2.45, 2.75) is 13.0 Å². The van der Waals surface area contributed by atoms with Gasteiger partial charge in [-0.3, -0.25) is 9.59 Å². The van der Waals surface area contributed by atoms with Gasteiger partial charge in [0.05, 0.1) is 0 Å². The van der Waals surface area contributed by atoms with E-state index in [-0.39, 0.29) is 11.6 Å². The SMILES string of the molecule is CC(C(=O)Nc1ccc(NC(=O)c2c[nH]c(=O)[nH]2)cc1)n1cncn1. The number of carbonyl (C=O) groups excluding carboxylic acids is 2. The van der Waals surface area contributed by atoms with E-state index in [0.29, 0.717) is 11.4 Å². The maximum atomic E-state index is 12.2. The molecule has 0 spiro atoms. The van der Waals surface area contributed by atoms with Crippen LogP contribution in [-0.2, 0) is 4.79 Å². The number of nitrogens with zero attached hydrogens (tertiary/aromatic N) is 3. The second-order valence-electron chi connectivity index (χ2n) is 5.23. The van der Waals surface area contributed by atoms with Crippen molar-refractivity contribution in [1.82, 2.24) is 24.7 Å². The first-order valence-corrected chi connectivity index (χ1v) is 7.37. The molecule has 2 aromatic heterocycles. The third kappa shape index (κ3) is 3.80. The van der Waals surface area contributed by atoms with Gasteiger partial charge in [-0.25, -0.2) is 14.5 Å². The number of hydrogen-bond donors (Lipinski definition) is 4. The Morgan fingerprint density at radius 1 is 1.16 bits per heavy atom. The zero-order valence-electron chi connectivity index (χ0n) is 13.2. The number of benzene rings is 1. The molecule has 4 N–H and O–H groups in total. The van der Waals surface area contributed by atoms with Crippen LogP contribution in [0.1, 0.15) is 23.5 Å². The molecule has 10 nitrogen and oxygen atoms in total. The summed E-state index contributed by atoms with van der Waals surface area (Å²) in [5.74, 6) is -0.692. The molecule has 0 saturated heterocycles. The molecule has 3 rings (SSSR count). The van der Waals surface area contributed by atoms with Crippen molar-refractivity contribution >= 4 is 23.2 Å². The van der Waals surface area contributed by atoms with Gasteiger partial charge in [0.2, 0.25) is 5.91 Å². The normalized spacial score (nSPS) is 11.7. The van der Waals surface area contributed by atoms with Crippen LogP contribution in [0.2, 0.25) is 0 Å². The summed E-state index contributed by atoms with van der Waals surface area (Å²) in [6.45, 7) is 1.70. The summed E-state index contributed by atoms with van der Waals surface area (Å²) in [7, 11) is 0. The Morgan fingerprint density at radius 3 is 2.40 bits per heavy atom. The number of nitrogens with one attached hydrogen (secondary N) is 4. The van der Waals surface area contributed by atoms with Crippen LogP contribution in [0.15, 0.2) is 47.9 Å². The lowest BCUT2D eigenvalue weighted by atomic mass is 10.2. The van der Waals surface area contributed by atoms with Crippen LogP contribution < -0.4 is 16.3 Å². The molecular formula is C15H15N7O3. The summed E-state index contributed by atoms with van der Waals surface area (Å²) in [6, 6.07) is 6.08. The summed E-state index contributed by atoms with van der Waals surface area (Å²) < 4.78 is 1.45. The summed E-state index contributed by atoms with van der Waals surface area (Å²) in [5, 5.41) is 9.31. The Kier molecular flexibility index (Phi) is 4.42. The lowest BCUT2D eigenvalue weighted by molar-refractivity contribution is -0.119. The summed E-state index contributed by atoms with van der Waals surface area (Å²) in [4.78, 5) is 43.6. The fourth-order valence-corrected chi connectivity index (χ4v) is 2.07. The van der Waals surface area contributed by atoms with Crippen molar-refractivity contribution in [3.05, 3.63) is 59.3 Å². The molecule has 0 aliphatic rings. The van der Waals surface area contributed by atoms with Crippen molar-refractivity contribution in [3.8, 4) is 0 Å². The van der Waals surface area contributed by atoms with E-state index in [0.717, 1.165) is 0 Å². The molecule has 25 heavy (non-hydrogen) atoms. The number of anilines is 2. The molecule has 0 aliphatic carbocycles. The maximum Gasteiger partial charge on any atom is 0.323 e. The van der Waals surface area contributed by atoms with Crippen LogP contribution in [0.5, 0.6) is 0 Å². The topological polar surface area (TPSA) is 138 Å². The Bertz CT molecular complexity index is 925. The third-order valence-electron chi connectivity index (χ3n) is 3.46. The van der Waals surface area contributed by atoms with Crippen molar-refractivity contribution in [2.24, 2.45) is 0 Å². The number of rotatable bonds is 5. The second kappa shape index (κ2) is 6.83. The molecule has 1 unspecified atom stereocenters. The second-order valence-corrected chi connectivity index (χ2v) is 5.23. The molecule has 3 aromatic rings. The number of carbonyl (C=O) groups is 2. The van der Waals surface area contributed by atoms with Crippen molar-refractivity contribution in [2.75, 3.05) is 10.6 Å². The van der Waals surface area contributed by atoms with Gasteiger partial charge in [0.1, 0.15) is 24.4 Å². The Balaban J connectivity index is 1.61. The highest BCUT2D eigenvalue weighted by molar-refractivity contribution is 6.02. The van der Waals surface area contributed by atoms with Crippen LogP contribution in [-0.4, -0.2) is 36.5 Å². The lowest BCUT2D eigenvalue weighted by Gasteiger charge is -2.12. The number of amides is 2. The fourth-order valence-electron chi connectivity index (χ4n) is 2.07. The highest BCUT2D eigenvalue weighted by Gasteiger charge is 2.15. The van der Waals surface area contributed by atoms with Gasteiger partial charge in [-0.05, 0) is 31.2 Å². The lowest BCUT2D eigenvalue weighted by Crippen LogP contribution is -2.24. The number of aromatic amines is 2. The van der Waals surface area contributed by atoms with E-state index in [1.165, 1.54) is 23.5 Å². The van der Waals surface area contributed by atoms with Crippen LogP contribution in [0.25, 0.3) is 0 Å². The van der Waals surface area contributed by atoms with Gasteiger partial charge in [-0.2, -0.15) is 5.10 Å². The number of aromatic nitrogens is 5. The summed E-state index contributed by atoms with van der Waals surface area (Å²) in [6.07, 6.45) is 4.12. The molecule has 0 aliphatic heterocycles. The smallest absolute Gasteiger partial charge is 0.323 e. The van der Waals surface area contributed by atoms with Crippen LogP contribution in [0, 0.1) is 0 Å². The van der Waals surface area contributed by atoms with Crippen molar-refractivity contribution < 1.29 is 9.59 Å². The maximum absolute atomic E-state index is 12.2. The predicted molar refractivity (Wildman–Crippen MR) is 89.2 cm³/mol. The quantitative estimate of drug-likeness (QED) is 0.542.